The minimum atomic E-state index is -1.41. The topological polar surface area (TPSA) is 247 Å². The summed E-state index contributed by atoms with van der Waals surface area (Å²) in [7, 11) is 0. The van der Waals surface area contributed by atoms with Crippen LogP contribution >= 0.6 is 0 Å². The lowest BCUT2D eigenvalue weighted by molar-refractivity contribution is -0.136. The lowest BCUT2D eigenvalue weighted by atomic mass is 9.91. The first-order chi connectivity index (χ1) is 23.2. The maximum absolute atomic E-state index is 14.0. The number of imidazole rings is 1. The summed E-state index contributed by atoms with van der Waals surface area (Å²) < 4.78 is 0. The second kappa shape index (κ2) is 17.8. The van der Waals surface area contributed by atoms with Gasteiger partial charge in [0.1, 0.15) is 24.2 Å². The normalized spacial score (nSPS) is 15.5. The monoisotopic (exact) mass is 679 g/mol. The molecule has 0 saturated carbocycles. The average molecular weight is 680 g/mol. The maximum atomic E-state index is 14.0. The molecule has 0 saturated heterocycles. The van der Waals surface area contributed by atoms with Crippen LogP contribution in [0.5, 0.6) is 0 Å². The lowest BCUT2D eigenvalue weighted by Crippen LogP contribution is -2.60. The minimum absolute atomic E-state index is 0.0221. The Bertz CT molecular complexity index is 1600. The van der Waals surface area contributed by atoms with Crippen LogP contribution in [-0.4, -0.2) is 74.6 Å². The molecule has 15 nitrogen and oxygen atoms in total. The van der Waals surface area contributed by atoms with Crippen molar-refractivity contribution >= 4 is 46.3 Å². The van der Waals surface area contributed by atoms with E-state index in [4.69, 9.17) is 11.5 Å². The molecule has 0 bridgehead atoms. The number of hydrogen-bond acceptors (Lipinski definition) is 7. The Morgan fingerprint density at radius 1 is 0.755 bits per heavy atom. The van der Waals surface area contributed by atoms with Crippen molar-refractivity contribution in [2.45, 2.75) is 90.9 Å². The molecule has 15 heteroatoms. The number of carbonyl (C=O) groups excluding carboxylic acids is 6. The molecule has 0 radical (unpaired) electrons. The Labute approximate surface area is 285 Å². The molecule has 3 aromatic rings. The third-order valence-corrected chi connectivity index (χ3v) is 9.10. The zero-order chi connectivity index (χ0) is 36.2. The van der Waals surface area contributed by atoms with Crippen molar-refractivity contribution in [3.63, 3.8) is 0 Å². The third-order valence-electron chi connectivity index (χ3n) is 9.10. The number of nitrogens with zero attached hydrogens (tertiary/aromatic N) is 1. The van der Waals surface area contributed by atoms with Crippen LogP contribution in [0.4, 0.5) is 0 Å². The highest BCUT2D eigenvalue weighted by Gasteiger charge is 2.34. The van der Waals surface area contributed by atoms with Gasteiger partial charge in [-0.3, -0.25) is 28.8 Å². The smallest absolute Gasteiger partial charge is 0.243 e. The number of primary amides is 2. The number of benzene rings is 1. The first kappa shape index (κ1) is 38.2. The summed E-state index contributed by atoms with van der Waals surface area (Å²) in [6.07, 6.45) is 5.47. The van der Waals surface area contributed by atoms with E-state index in [-0.39, 0.29) is 36.5 Å². The molecule has 2 heterocycles. The maximum Gasteiger partial charge on any atom is 0.243 e. The van der Waals surface area contributed by atoms with Crippen molar-refractivity contribution in [1.82, 2.24) is 36.2 Å². The van der Waals surface area contributed by atoms with E-state index in [1.54, 1.807) is 12.4 Å². The van der Waals surface area contributed by atoms with E-state index in [9.17, 15) is 28.8 Å². The highest BCUT2D eigenvalue weighted by molar-refractivity contribution is 5.97. The van der Waals surface area contributed by atoms with Crippen LogP contribution < -0.4 is 32.7 Å². The van der Waals surface area contributed by atoms with Crippen LogP contribution in [0, 0.1) is 17.8 Å². The van der Waals surface area contributed by atoms with Crippen molar-refractivity contribution in [2.24, 2.45) is 29.2 Å². The van der Waals surface area contributed by atoms with E-state index in [2.05, 4.69) is 36.2 Å². The Balaban J connectivity index is 1.93. The molecule has 3 rings (SSSR count). The van der Waals surface area contributed by atoms with Crippen molar-refractivity contribution in [1.29, 1.82) is 0 Å². The molecule has 0 fully saturated rings. The molecule has 266 valence electrons. The SMILES string of the molecule is CC[C@H](C)[C@H](C)C(=O)N[C@H](C(=O)N[C@@H](Cc1c[nH]cn1)C(=O)N[C@@H](Cc1c[nH]c2ccccc12)C(=O)N[C@@H](CC(N)=O)C(N)=O)[C@@H](C)CC. The van der Waals surface area contributed by atoms with Gasteiger partial charge in [-0.05, 0) is 23.5 Å². The molecule has 7 atom stereocenters. The van der Waals surface area contributed by atoms with Gasteiger partial charge in [0, 0.05) is 42.1 Å². The number of H-pyrrole nitrogens is 2. The van der Waals surface area contributed by atoms with E-state index >= 15 is 0 Å². The number of amides is 6. The number of rotatable bonds is 19. The van der Waals surface area contributed by atoms with Crippen LogP contribution in [0.3, 0.4) is 0 Å². The first-order valence-electron chi connectivity index (χ1n) is 16.6. The second-order valence-corrected chi connectivity index (χ2v) is 12.6. The average Bonchev–Trinajstić information content (AvgIpc) is 3.74. The number of fused-ring (bicyclic) bond motifs is 1. The van der Waals surface area contributed by atoms with Gasteiger partial charge in [0.15, 0.2) is 0 Å². The third kappa shape index (κ3) is 10.6. The van der Waals surface area contributed by atoms with Gasteiger partial charge in [-0.2, -0.15) is 0 Å². The van der Waals surface area contributed by atoms with E-state index in [0.29, 0.717) is 17.7 Å². The number of para-hydroxylation sites is 1. The fourth-order valence-electron chi connectivity index (χ4n) is 5.38. The van der Waals surface area contributed by atoms with E-state index in [1.807, 2.05) is 58.9 Å². The lowest BCUT2D eigenvalue weighted by Gasteiger charge is -2.29. The Morgan fingerprint density at radius 2 is 1.37 bits per heavy atom. The summed E-state index contributed by atoms with van der Waals surface area (Å²) in [6.45, 7) is 9.51. The van der Waals surface area contributed by atoms with E-state index in [1.165, 1.54) is 6.33 Å². The molecule has 49 heavy (non-hydrogen) atoms. The largest absolute Gasteiger partial charge is 0.370 e. The molecular formula is C34H49N9O6. The summed E-state index contributed by atoms with van der Waals surface area (Å²) in [6, 6.07) is 2.53. The highest BCUT2D eigenvalue weighted by Crippen LogP contribution is 2.20. The number of nitrogens with two attached hydrogens (primary N) is 2. The minimum Gasteiger partial charge on any atom is -0.370 e. The van der Waals surface area contributed by atoms with Crippen molar-refractivity contribution in [3.8, 4) is 0 Å². The second-order valence-electron chi connectivity index (χ2n) is 12.6. The molecule has 1 aromatic carbocycles. The van der Waals surface area contributed by atoms with Crippen molar-refractivity contribution in [2.75, 3.05) is 0 Å². The van der Waals surface area contributed by atoms with Gasteiger partial charge >= 0.3 is 0 Å². The van der Waals surface area contributed by atoms with Crippen LogP contribution in [0.25, 0.3) is 10.9 Å². The molecule has 6 amide bonds. The van der Waals surface area contributed by atoms with Crippen LogP contribution in [-0.2, 0) is 41.6 Å². The van der Waals surface area contributed by atoms with Crippen LogP contribution in [0.2, 0.25) is 0 Å². The quantitative estimate of drug-likeness (QED) is 0.0900. The van der Waals surface area contributed by atoms with Crippen molar-refractivity contribution in [3.05, 3.63) is 54.2 Å². The van der Waals surface area contributed by atoms with Gasteiger partial charge in [-0.25, -0.2) is 4.98 Å². The van der Waals surface area contributed by atoms with Crippen molar-refractivity contribution < 1.29 is 28.8 Å². The van der Waals surface area contributed by atoms with Crippen LogP contribution in [0.15, 0.2) is 43.0 Å². The van der Waals surface area contributed by atoms with Gasteiger partial charge in [0.05, 0.1) is 18.4 Å². The molecule has 0 spiro atoms. The molecule has 0 aliphatic heterocycles. The predicted octanol–water partition coefficient (Wildman–Crippen LogP) is 0.704. The molecule has 0 aliphatic carbocycles. The van der Waals surface area contributed by atoms with Crippen LogP contribution in [0.1, 0.15) is 65.1 Å². The summed E-state index contributed by atoms with van der Waals surface area (Å²) in [5, 5.41) is 11.6. The number of aromatic amines is 2. The fraction of sp³-hybridized carbons (Fsp3) is 0.500. The summed E-state index contributed by atoms with van der Waals surface area (Å²) >= 11 is 0. The highest BCUT2D eigenvalue weighted by atomic mass is 16.2. The summed E-state index contributed by atoms with van der Waals surface area (Å²) in [5.41, 5.74) is 12.6. The zero-order valence-electron chi connectivity index (χ0n) is 28.7. The molecule has 0 aliphatic rings. The first-order valence-corrected chi connectivity index (χ1v) is 16.6. The number of nitrogens with one attached hydrogen (secondary N) is 6. The van der Waals surface area contributed by atoms with E-state index < -0.39 is 60.1 Å². The van der Waals surface area contributed by atoms with Gasteiger partial charge in [0.25, 0.3) is 0 Å². The Kier molecular flexibility index (Phi) is 13.9. The number of hydrogen-bond donors (Lipinski definition) is 8. The number of carbonyl (C=O) groups is 6. The fourth-order valence-corrected chi connectivity index (χ4v) is 5.38. The standard InChI is InChI=1S/C34H49N9O6/c1-6-18(3)20(5)31(46)43-29(19(4)7-2)34(49)42-27(13-22-16-37-17-39-22)33(48)41-26(32(47)40-25(30(36)45)14-28(35)44)12-21-15-38-24-11-9-8-10-23(21)24/h8-11,15-20,25-27,29,38H,6-7,12-14H2,1-5H3,(H2,35,44)(H2,36,45)(H,37,39)(H,40,47)(H,41,48)(H,42,49)(H,43,46)/t18-,19-,20-,25-,26-,27-,29-/m0/s1. The molecule has 2 aromatic heterocycles. The predicted molar refractivity (Wildman–Crippen MR) is 183 cm³/mol. The number of aromatic nitrogens is 3. The Hall–Kier alpha value is -5.21. The zero-order valence-corrected chi connectivity index (χ0v) is 28.7. The molecular weight excluding hydrogens is 630 g/mol. The Morgan fingerprint density at radius 3 is 1.96 bits per heavy atom. The summed E-state index contributed by atoms with van der Waals surface area (Å²) in [4.78, 5) is 88.4. The van der Waals surface area contributed by atoms with Gasteiger partial charge in [-0.1, -0.05) is 65.7 Å². The van der Waals surface area contributed by atoms with Gasteiger partial charge in [-0.15, -0.1) is 0 Å². The molecule has 0 unspecified atom stereocenters. The summed E-state index contributed by atoms with van der Waals surface area (Å²) in [5.74, 6) is -4.69. The molecule has 10 N–H and O–H groups in total. The van der Waals surface area contributed by atoms with Gasteiger partial charge < -0.3 is 42.7 Å². The van der Waals surface area contributed by atoms with E-state index in [0.717, 1.165) is 17.3 Å². The van der Waals surface area contributed by atoms with Gasteiger partial charge in [0.2, 0.25) is 35.4 Å².